The number of nitrogens with zero attached hydrogens (tertiary/aromatic N) is 1. The SMILES string of the molecule is COc1cc(/C(O)=C2\C(=O)C(=O)N(CC3CCCO3)C2c2ccccc2F)c(OC)cc1Cl. The monoisotopic (exact) mass is 475 g/mol. The summed E-state index contributed by atoms with van der Waals surface area (Å²) in [4.78, 5) is 27.5. The molecule has 174 valence electrons. The number of hydrogen-bond acceptors (Lipinski definition) is 6. The van der Waals surface area contributed by atoms with Crippen molar-refractivity contribution in [3.8, 4) is 11.5 Å². The van der Waals surface area contributed by atoms with Crippen molar-refractivity contribution < 1.29 is 33.3 Å². The van der Waals surface area contributed by atoms with Gasteiger partial charge in [-0.15, -0.1) is 0 Å². The van der Waals surface area contributed by atoms with Crippen molar-refractivity contribution in [2.24, 2.45) is 0 Å². The Labute approximate surface area is 195 Å². The standard InChI is InChI=1S/C24H23ClFNO6/c1-31-18-11-16(25)19(32-2)10-15(18)22(28)20-21(14-7-3-4-8-17(14)26)27(24(30)23(20)29)12-13-6-5-9-33-13/h3-4,7-8,10-11,13,21,28H,5-6,9,12H2,1-2H3/b22-20+. The normalized spacial score (nSPS) is 22.1. The van der Waals surface area contributed by atoms with Gasteiger partial charge in [0.1, 0.15) is 23.1 Å². The fraction of sp³-hybridized carbons (Fsp3) is 0.333. The zero-order valence-corrected chi connectivity index (χ0v) is 18.9. The van der Waals surface area contributed by atoms with Crippen LogP contribution >= 0.6 is 11.6 Å². The molecule has 2 aromatic rings. The van der Waals surface area contributed by atoms with Crippen LogP contribution < -0.4 is 9.47 Å². The van der Waals surface area contributed by atoms with E-state index in [1.54, 1.807) is 6.07 Å². The number of hydrogen-bond donors (Lipinski definition) is 1. The Morgan fingerprint density at radius 1 is 1.21 bits per heavy atom. The smallest absolute Gasteiger partial charge is 0.295 e. The summed E-state index contributed by atoms with van der Waals surface area (Å²) in [6.07, 6.45) is 1.28. The lowest BCUT2D eigenvalue weighted by atomic mass is 9.94. The number of aliphatic hydroxyl groups excluding tert-OH is 1. The molecule has 2 saturated heterocycles. The zero-order chi connectivity index (χ0) is 23.7. The van der Waals surface area contributed by atoms with Crippen molar-refractivity contribution in [2.75, 3.05) is 27.4 Å². The summed E-state index contributed by atoms with van der Waals surface area (Å²) < 4.78 is 31.1. The molecule has 0 radical (unpaired) electrons. The number of amides is 1. The average Bonchev–Trinajstić information content (AvgIpc) is 3.41. The number of likely N-dealkylation sites (tertiary alicyclic amines) is 1. The first-order chi connectivity index (χ1) is 15.9. The molecule has 0 spiro atoms. The lowest BCUT2D eigenvalue weighted by Gasteiger charge is -2.27. The van der Waals surface area contributed by atoms with Gasteiger partial charge in [-0.1, -0.05) is 29.8 Å². The van der Waals surface area contributed by atoms with Gasteiger partial charge in [0.25, 0.3) is 11.7 Å². The quantitative estimate of drug-likeness (QED) is 0.384. The fourth-order valence-corrected chi connectivity index (χ4v) is 4.52. The van der Waals surface area contributed by atoms with Gasteiger partial charge in [0.05, 0.1) is 42.5 Å². The van der Waals surface area contributed by atoms with E-state index in [2.05, 4.69) is 0 Å². The number of carbonyl (C=O) groups is 2. The molecule has 2 heterocycles. The summed E-state index contributed by atoms with van der Waals surface area (Å²) >= 11 is 6.16. The maximum absolute atomic E-state index is 14.9. The van der Waals surface area contributed by atoms with Crippen LogP contribution in [0.3, 0.4) is 0 Å². The second kappa shape index (κ2) is 9.41. The predicted octanol–water partition coefficient (Wildman–Crippen LogP) is 4.10. The van der Waals surface area contributed by atoms with Crippen molar-refractivity contribution in [3.63, 3.8) is 0 Å². The number of ketones is 1. The van der Waals surface area contributed by atoms with Gasteiger partial charge in [0.2, 0.25) is 0 Å². The lowest BCUT2D eigenvalue weighted by Crippen LogP contribution is -2.36. The number of rotatable bonds is 6. The minimum Gasteiger partial charge on any atom is -0.507 e. The number of benzene rings is 2. The lowest BCUT2D eigenvalue weighted by molar-refractivity contribution is -0.140. The minimum absolute atomic E-state index is 0.0928. The van der Waals surface area contributed by atoms with E-state index in [1.165, 1.54) is 49.5 Å². The minimum atomic E-state index is -1.14. The van der Waals surface area contributed by atoms with Crippen molar-refractivity contribution in [1.82, 2.24) is 4.90 Å². The van der Waals surface area contributed by atoms with Crippen LogP contribution in [0.4, 0.5) is 4.39 Å². The first kappa shape index (κ1) is 23.1. The number of halogens is 2. The van der Waals surface area contributed by atoms with Gasteiger partial charge in [-0.2, -0.15) is 0 Å². The zero-order valence-electron chi connectivity index (χ0n) is 18.1. The summed E-state index contributed by atoms with van der Waals surface area (Å²) in [5.41, 5.74) is -0.0582. The van der Waals surface area contributed by atoms with Gasteiger partial charge >= 0.3 is 0 Å². The number of ether oxygens (including phenoxy) is 3. The molecule has 2 fully saturated rings. The number of carbonyl (C=O) groups excluding carboxylic acids is 2. The molecular formula is C24H23ClFNO6. The van der Waals surface area contributed by atoms with Gasteiger partial charge in [-0.05, 0) is 25.0 Å². The van der Waals surface area contributed by atoms with Crippen LogP contribution in [-0.2, 0) is 14.3 Å². The molecule has 2 unspecified atom stereocenters. The third-order valence-corrected chi connectivity index (χ3v) is 6.19. The fourth-order valence-electron chi connectivity index (χ4n) is 4.29. The average molecular weight is 476 g/mol. The molecule has 2 aliphatic rings. The topological polar surface area (TPSA) is 85.3 Å². The Kier molecular flexibility index (Phi) is 6.58. The molecule has 0 aliphatic carbocycles. The largest absolute Gasteiger partial charge is 0.507 e. The first-order valence-corrected chi connectivity index (χ1v) is 10.8. The second-order valence-corrected chi connectivity index (χ2v) is 8.20. The molecule has 9 heteroatoms. The van der Waals surface area contributed by atoms with Crippen LogP contribution in [0.15, 0.2) is 42.0 Å². The summed E-state index contributed by atoms with van der Waals surface area (Å²) in [5.74, 6) is -2.47. The molecule has 2 aromatic carbocycles. The maximum Gasteiger partial charge on any atom is 0.295 e. The number of aliphatic hydroxyl groups is 1. The molecule has 4 rings (SSSR count). The highest BCUT2D eigenvalue weighted by Crippen LogP contribution is 2.43. The van der Waals surface area contributed by atoms with Gasteiger partial charge in [-0.25, -0.2) is 4.39 Å². The Balaban J connectivity index is 1.91. The Hall–Kier alpha value is -3.10. The van der Waals surface area contributed by atoms with E-state index in [9.17, 15) is 19.1 Å². The number of Topliss-reactive ketones (excluding diaryl/α,β-unsaturated/α-hetero) is 1. The third-order valence-electron chi connectivity index (χ3n) is 5.89. The van der Waals surface area contributed by atoms with E-state index < -0.39 is 29.3 Å². The van der Waals surface area contributed by atoms with E-state index in [1.807, 2.05) is 0 Å². The van der Waals surface area contributed by atoms with E-state index in [-0.39, 0.29) is 45.9 Å². The maximum atomic E-state index is 14.9. The first-order valence-electron chi connectivity index (χ1n) is 10.4. The van der Waals surface area contributed by atoms with Crippen LogP contribution in [0.5, 0.6) is 11.5 Å². The molecular weight excluding hydrogens is 453 g/mol. The van der Waals surface area contributed by atoms with Gasteiger partial charge in [0, 0.05) is 24.8 Å². The third kappa shape index (κ3) is 4.16. The van der Waals surface area contributed by atoms with E-state index in [0.29, 0.717) is 6.61 Å². The molecule has 33 heavy (non-hydrogen) atoms. The van der Waals surface area contributed by atoms with Crippen LogP contribution in [0.2, 0.25) is 5.02 Å². The van der Waals surface area contributed by atoms with Crippen molar-refractivity contribution in [3.05, 3.63) is 63.9 Å². The van der Waals surface area contributed by atoms with Gasteiger partial charge in [-0.3, -0.25) is 9.59 Å². The van der Waals surface area contributed by atoms with E-state index in [4.69, 9.17) is 25.8 Å². The van der Waals surface area contributed by atoms with E-state index >= 15 is 0 Å². The highest BCUT2D eigenvalue weighted by molar-refractivity contribution is 6.46. The highest BCUT2D eigenvalue weighted by Gasteiger charge is 2.48. The van der Waals surface area contributed by atoms with Crippen LogP contribution in [0, 0.1) is 5.82 Å². The van der Waals surface area contributed by atoms with Crippen molar-refractivity contribution in [1.29, 1.82) is 0 Å². The van der Waals surface area contributed by atoms with Crippen LogP contribution in [0.25, 0.3) is 5.76 Å². The van der Waals surface area contributed by atoms with Crippen molar-refractivity contribution in [2.45, 2.75) is 25.0 Å². The Morgan fingerprint density at radius 3 is 2.58 bits per heavy atom. The van der Waals surface area contributed by atoms with Gasteiger partial charge in [0.15, 0.2) is 0 Å². The Bertz CT molecular complexity index is 1130. The summed E-state index contributed by atoms with van der Waals surface area (Å²) in [6, 6.07) is 7.55. The van der Waals surface area contributed by atoms with Crippen LogP contribution in [0.1, 0.15) is 30.0 Å². The molecule has 7 nitrogen and oxygen atoms in total. The molecule has 1 amide bonds. The summed E-state index contributed by atoms with van der Waals surface area (Å²) in [5, 5.41) is 11.5. The highest BCUT2D eigenvalue weighted by atomic mass is 35.5. The molecule has 0 aromatic heterocycles. The molecule has 2 aliphatic heterocycles. The summed E-state index contributed by atoms with van der Waals surface area (Å²) in [7, 11) is 2.77. The number of methoxy groups -OCH3 is 2. The van der Waals surface area contributed by atoms with Gasteiger partial charge < -0.3 is 24.2 Å². The molecule has 0 saturated carbocycles. The Morgan fingerprint density at radius 2 is 1.94 bits per heavy atom. The molecule has 2 atom stereocenters. The van der Waals surface area contributed by atoms with E-state index in [0.717, 1.165) is 12.8 Å². The van der Waals surface area contributed by atoms with Crippen LogP contribution in [-0.4, -0.2) is 55.2 Å². The predicted molar refractivity (Wildman–Crippen MR) is 119 cm³/mol. The van der Waals surface area contributed by atoms with Crippen molar-refractivity contribution >= 4 is 29.1 Å². The summed E-state index contributed by atoms with van der Waals surface area (Å²) in [6.45, 7) is 0.655. The molecule has 0 bridgehead atoms. The molecule has 1 N–H and O–H groups in total. The second-order valence-electron chi connectivity index (χ2n) is 7.80.